The van der Waals surface area contributed by atoms with Gasteiger partial charge in [0.25, 0.3) is 0 Å². The van der Waals surface area contributed by atoms with E-state index >= 15 is 0 Å². The second kappa shape index (κ2) is 5.65. The average molecular weight is 232 g/mol. The zero-order valence-electron chi connectivity index (χ0n) is 11.0. The van der Waals surface area contributed by atoms with E-state index in [-0.39, 0.29) is 6.04 Å². The lowest BCUT2D eigenvalue weighted by Crippen LogP contribution is -2.25. The summed E-state index contributed by atoms with van der Waals surface area (Å²) in [5, 5.41) is 0. The molecule has 1 aromatic rings. The van der Waals surface area contributed by atoms with Crippen LogP contribution in [0.3, 0.4) is 0 Å². The van der Waals surface area contributed by atoms with Gasteiger partial charge in [-0.1, -0.05) is 36.8 Å². The predicted molar refractivity (Wildman–Crippen MR) is 72.9 cm³/mol. The number of likely N-dealkylation sites (tertiary alicyclic amines) is 1. The van der Waals surface area contributed by atoms with Gasteiger partial charge in [0.1, 0.15) is 0 Å². The summed E-state index contributed by atoms with van der Waals surface area (Å²) in [6.45, 7) is 8.09. The van der Waals surface area contributed by atoms with E-state index in [1.54, 1.807) is 0 Å². The lowest BCUT2D eigenvalue weighted by Gasteiger charge is -2.18. The van der Waals surface area contributed by atoms with Crippen LogP contribution >= 0.6 is 0 Å². The second-order valence-corrected chi connectivity index (χ2v) is 5.50. The Morgan fingerprint density at radius 3 is 2.65 bits per heavy atom. The molecule has 0 aromatic heterocycles. The summed E-state index contributed by atoms with van der Waals surface area (Å²) in [4.78, 5) is 2.54. The molecule has 0 amide bonds. The normalized spacial score (nSPS) is 22.9. The summed E-state index contributed by atoms with van der Waals surface area (Å²) in [6.07, 6.45) is 2.41. The molecule has 2 atom stereocenters. The van der Waals surface area contributed by atoms with Crippen LogP contribution in [-0.2, 0) is 0 Å². The van der Waals surface area contributed by atoms with Gasteiger partial charge in [-0.3, -0.25) is 0 Å². The minimum absolute atomic E-state index is 0.187. The summed E-state index contributed by atoms with van der Waals surface area (Å²) in [5.41, 5.74) is 8.80. The molecule has 2 rings (SSSR count). The van der Waals surface area contributed by atoms with Crippen LogP contribution in [0.2, 0.25) is 0 Å². The zero-order valence-corrected chi connectivity index (χ0v) is 11.0. The van der Waals surface area contributed by atoms with Crippen molar-refractivity contribution in [3.8, 4) is 0 Å². The molecule has 1 heterocycles. The Morgan fingerprint density at radius 2 is 2.06 bits per heavy atom. The van der Waals surface area contributed by atoms with Crippen LogP contribution in [-0.4, -0.2) is 24.5 Å². The highest BCUT2D eigenvalue weighted by Gasteiger charge is 2.18. The third-order valence-corrected chi connectivity index (χ3v) is 3.77. The molecule has 2 N–H and O–H groups in total. The standard InChI is InChI=1S/C15H24N2/c1-12-3-5-14(6-4-12)15(16)8-10-17-9-7-13(2)11-17/h3-6,13,15H,7-11,16H2,1-2H3. The average Bonchev–Trinajstić information content (AvgIpc) is 2.73. The highest BCUT2D eigenvalue weighted by atomic mass is 15.1. The lowest BCUT2D eigenvalue weighted by molar-refractivity contribution is 0.313. The zero-order chi connectivity index (χ0) is 12.3. The van der Waals surface area contributed by atoms with Crippen LogP contribution in [0.5, 0.6) is 0 Å². The molecule has 0 spiro atoms. The molecule has 94 valence electrons. The summed E-state index contributed by atoms with van der Waals surface area (Å²) >= 11 is 0. The molecule has 17 heavy (non-hydrogen) atoms. The number of nitrogens with two attached hydrogens (primary N) is 1. The van der Waals surface area contributed by atoms with Crippen LogP contribution < -0.4 is 5.73 Å². The van der Waals surface area contributed by atoms with Gasteiger partial charge in [-0.25, -0.2) is 0 Å². The number of benzene rings is 1. The van der Waals surface area contributed by atoms with E-state index in [1.807, 2.05) is 0 Å². The van der Waals surface area contributed by atoms with Gasteiger partial charge in [-0.15, -0.1) is 0 Å². The maximum Gasteiger partial charge on any atom is 0.0307 e. The number of rotatable bonds is 4. The van der Waals surface area contributed by atoms with Crippen molar-refractivity contribution in [2.24, 2.45) is 11.7 Å². The van der Waals surface area contributed by atoms with Gasteiger partial charge < -0.3 is 10.6 Å². The SMILES string of the molecule is Cc1ccc(C(N)CCN2CCC(C)C2)cc1. The second-order valence-electron chi connectivity index (χ2n) is 5.50. The van der Waals surface area contributed by atoms with Crippen molar-refractivity contribution in [1.29, 1.82) is 0 Å². The van der Waals surface area contributed by atoms with Gasteiger partial charge in [-0.2, -0.15) is 0 Å². The third kappa shape index (κ3) is 3.55. The van der Waals surface area contributed by atoms with E-state index < -0.39 is 0 Å². The smallest absolute Gasteiger partial charge is 0.0307 e. The van der Waals surface area contributed by atoms with E-state index in [2.05, 4.69) is 43.0 Å². The van der Waals surface area contributed by atoms with Gasteiger partial charge in [0.05, 0.1) is 0 Å². The number of aryl methyl sites for hydroxylation is 1. The molecule has 1 fully saturated rings. The molecule has 1 saturated heterocycles. The first-order valence-corrected chi connectivity index (χ1v) is 6.69. The molecular formula is C15H24N2. The Hall–Kier alpha value is -0.860. The van der Waals surface area contributed by atoms with Crippen molar-refractivity contribution in [2.45, 2.75) is 32.7 Å². The van der Waals surface area contributed by atoms with E-state index in [4.69, 9.17) is 5.73 Å². The molecule has 2 nitrogen and oxygen atoms in total. The van der Waals surface area contributed by atoms with Gasteiger partial charge >= 0.3 is 0 Å². The van der Waals surface area contributed by atoms with Crippen molar-refractivity contribution in [3.63, 3.8) is 0 Å². The third-order valence-electron chi connectivity index (χ3n) is 3.77. The van der Waals surface area contributed by atoms with E-state index in [0.29, 0.717) is 0 Å². The fourth-order valence-corrected chi connectivity index (χ4v) is 2.53. The van der Waals surface area contributed by atoms with E-state index in [0.717, 1.165) is 18.9 Å². The number of nitrogens with zero attached hydrogens (tertiary/aromatic N) is 1. The van der Waals surface area contributed by atoms with Crippen LogP contribution in [0.15, 0.2) is 24.3 Å². The molecule has 1 aliphatic rings. The Bertz CT molecular complexity index is 344. The van der Waals surface area contributed by atoms with Gasteiger partial charge in [0.2, 0.25) is 0 Å². The summed E-state index contributed by atoms with van der Waals surface area (Å²) in [7, 11) is 0. The van der Waals surface area contributed by atoms with Crippen LogP contribution in [0, 0.1) is 12.8 Å². The monoisotopic (exact) mass is 232 g/mol. The van der Waals surface area contributed by atoms with Crippen molar-refractivity contribution >= 4 is 0 Å². The van der Waals surface area contributed by atoms with Gasteiger partial charge in [-0.05, 0) is 44.3 Å². The highest BCUT2D eigenvalue weighted by Crippen LogP contribution is 2.19. The Labute approximate surface area is 105 Å². The first kappa shape index (κ1) is 12.6. The van der Waals surface area contributed by atoms with Crippen molar-refractivity contribution in [1.82, 2.24) is 4.90 Å². The molecule has 1 aromatic carbocycles. The first-order valence-electron chi connectivity index (χ1n) is 6.69. The molecule has 0 bridgehead atoms. The van der Waals surface area contributed by atoms with Crippen LogP contribution in [0.25, 0.3) is 0 Å². The molecular weight excluding hydrogens is 208 g/mol. The van der Waals surface area contributed by atoms with Crippen LogP contribution in [0.4, 0.5) is 0 Å². The Morgan fingerprint density at radius 1 is 1.35 bits per heavy atom. The fraction of sp³-hybridized carbons (Fsp3) is 0.600. The van der Waals surface area contributed by atoms with Crippen molar-refractivity contribution in [3.05, 3.63) is 35.4 Å². The molecule has 1 aliphatic heterocycles. The van der Waals surface area contributed by atoms with Crippen molar-refractivity contribution < 1.29 is 0 Å². The summed E-state index contributed by atoms with van der Waals surface area (Å²) in [6, 6.07) is 8.80. The molecule has 0 radical (unpaired) electrons. The molecule has 0 saturated carbocycles. The summed E-state index contributed by atoms with van der Waals surface area (Å²) in [5.74, 6) is 0.866. The maximum absolute atomic E-state index is 6.23. The summed E-state index contributed by atoms with van der Waals surface area (Å²) < 4.78 is 0. The lowest BCUT2D eigenvalue weighted by atomic mass is 10.0. The number of hydrogen-bond donors (Lipinski definition) is 1. The Balaban J connectivity index is 1.81. The van der Waals surface area contributed by atoms with E-state index in [1.165, 1.54) is 30.6 Å². The van der Waals surface area contributed by atoms with E-state index in [9.17, 15) is 0 Å². The van der Waals surface area contributed by atoms with Crippen LogP contribution in [0.1, 0.15) is 36.9 Å². The Kier molecular flexibility index (Phi) is 4.19. The maximum atomic E-state index is 6.23. The highest BCUT2D eigenvalue weighted by molar-refractivity contribution is 5.23. The fourth-order valence-electron chi connectivity index (χ4n) is 2.53. The minimum atomic E-state index is 0.187. The predicted octanol–water partition coefficient (Wildman–Crippen LogP) is 2.73. The van der Waals surface area contributed by atoms with Crippen molar-refractivity contribution in [2.75, 3.05) is 19.6 Å². The van der Waals surface area contributed by atoms with Gasteiger partial charge in [0.15, 0.2) is 0 Å². The van der Waals surface area contributed by atoms with Gasteiger partial charge in [0, 0.05) is 12.6 Å². The minimum Gasteiger partial charge on any atom is -0.324 e. The molecule has 2 unspecified atom stereocenters. The molecule has 2 heteroatoms. The molecule has 0 aliphatic carbocycles. The largest absolute Gasteiger partial charge is 0.324 e. The first-order chi connectivity index (χ1) is 8.15. The number of hydrogen-bond acceptors (Lipinski definition) is 2. The topological polar surface area (TPSA) is 29.3 Å². The quantitative estimate of drug-likeness (QED) is 0.865.